The minimum atomic E-state index is 0. The molecular formula is C26H39KN7O-. The van der Waals surface area contributed by atoms with Crippen molar-refractivity contribution >= 4 is 11.7 Å². The fourth-order valence-corrected chi connectivity index (χ4v) is 4.50. The molecule has 0 radical (unpaired) electrons. The molecule has 4 heterocycles. The van der Waals surface area contributed by atoms with Gasteiger partial charge in [0.2, 0.25) is 5.91 Å². The smallest absolute Gasteiger partial charge is 0.358 e. The van der Waals surface area contributed by atoms with Gasteiger partial charge in [0.25, 0.3) is 0 Å². The van der Waals surface area contributed by atoms with Crippen LogP contribution in [-0.2, 0) is 11.3 Å². The fourth-order valence-electron chi connectivity index (χ4n) is 4.50. The Morgan fingerprint density at radius 1 is 1.11 bits per heavy atom. The van der Waals surface area contributed by atoms with E-state index in [2.05, 4.69) is 59.8 Å². The molecule has 0 unspecified atom stereocenters. The van der Waals surface area contributed by atoms with E-state index >= 15 is 0 Å². The van der Waals surface area contributed by atoms with Crippen LogP contribution in [0.15, 0.2) is 24.8 Å². The molecule has 2 aromatic heterocycles. The van der Waals surface area contributed by atoms with Gasteiger partial charge in [-0.25, -0.2) is 4.98 Å². The van der Waals surface area contributed by atoms with Crippen LogP contribution in [0.3, 0.4) is 0 Å². The zero-order valence-electron chi connectivity index (χ0n) is 22.1. The van der Waals surface area contributed by atoms with Gasteiger partial charge in [-0.05, 0) is 32.7 Å². The molecule has 2 aliphatic heterocycles. The van der Waals surface area contributed by atoms with Gasteiger partial charge in [-0.15, -0.1) is 0 Å². The van der Waals surface area contributed by atoms with E-state index in [0.717, 1.165) is 64.2 Å². The van der Waals surface area contributed by atoms with Crippen molar-refractivity contribution in [2.24, 2.45) is 5.92 Å². The average Bonchev–Trinajstić information content (AvgIpc) is 3.34. The molecule has 2 aromatic rings. The minimum absolute atomic E-state index is 0. The Balaban J connectivity index is 0.00000149. The summed E-state index contributed by atoms with van der Waals surface area (Å²) in [5, 5.41) is 7.67. The standard InChI is InChI=1S/C23H30N7O.C2H6.CH3.K/c1-3-4-20-15-25-16-22(27-20)28-9-5-19(6-10-28)23(31)29-11-7-21(8-12-29)30-17-18(13-24-2)14-26-30;1-2;;/h14-17,19,21,24H,1,5-13H2,2H3;1-2H3;1H3;/q-1;;-1;+1. The predicted molar refractivity (Wildman–Crippen MR) is 137 cm³/mol. The molecule has 0 aromatic carbocycles. The number of nitrogens with zero attached hydrogens (tertiary/aromatic N) is 6. The van der Waals surface area contributed by atoms with E-state index in [1.807, 2.05) is 27.1 Å². The number of likely N-dealkylation sites (tertiary alicyclic amines) is 1. The summed E-state index contributed by atoms with van der Waals surface area (Å²) in [5.74, 6) is 6.68. The third-order valence-electron chi connectivity index (χ3n) is 6.19. The number of carbonyl (C=O) groups excluding carboxylic acids is 1. The van der Waals surface area contributed by atoms with Gasteiger partial charge in [-0.1, -0.05) is 13.8 Å². The molecule has 0 aliphatic carbocycles. The van der Waals surface area contributed by atoms with Gasteiger partial charge in [0.1, 0.15) is 5.82 Å². The molecule has 1 amide bonds. The van der Waals surface area contributed by atoms with E-state index in [1.165, 1.54) is 5.56 Å². The maximum Gasteiger partial charge on any atom is 1.00 e. The molecule has 2 aliphatic rings. The summed E-state index contributed by atoms with van der Waals surface area (Å²) >= 11 is 0. The topological polar surface area (TPSA) is 79.2 Å². The van der Waals surface area contributed by atoms with Crippen LogP contribution >= 0.6 is 0 Å². The molecule has 0 bridgehead atoms. The van der Waals surface area contributed by atoms with Crippen LogP contribution in [0.4, 0.5) is 5.82 Å². The molecule has 35 heavy (non-hydrogen) atoms. The first kappa shape index (κ1) is 31.6. The van der Waals surface area contributed by atoms with Gasteiger partial charge < -0.3 is 22.5 Å². The maximum atomic E-state index is 13.1. The van der Waals surface area contributed by atoms with Gasteiger partial charge in [-0.3, -0.25) is 26.3 Å². The SMILES string of the molecule is CC.[CH2-]C#Cc1cncc(N2CCC(C(=O)N3CCC(n4cc(CNC)cn4)CC3)CC2)n1.[CH3-].[K+]. The number of hydrogen-bond acceptors (Lipinski definition) is 6. The number of nitrogens with one attached hydrogen (secondary N) is 1. The van der Waals surface area contributed by atoms with Crippen LogP contribution in [0, 0.1) is 32.1 Å². The van der Waals surface area contributed by atoms with E-state index in [9.17, 15) is 4.79 Å². The van der Waals surface area contributed by atoms with Crippen LogP contribution in [0.2, 0.25) is 0 Å². The molecular weight excluding hydrogens is 465 g/mol. The molecule has 186 valence electrons. The molecule has 8 nitrogen and oxygen atoms in total. The van der Waals surface area contributed by atoms with Gasteiger partial charge in [-0.2, -0.15) is 12.0 Å². The van der Waals surface area contributed by atoms with Crippen LogP contribution < -0.4 is 61.6 Å². The first-order chi connectivity index (χ1) is 16.2. The van der Waals surface area contributed by atoms with E-state index in [-0.39, 0.29) is 64.7 Å². The Hall–Kier alpha value is -1.41. The zero-order chi connectivity index (χ0) is 23.6. The molecule has 0 atom stereocenters. The van der Waals surface area contributed by atoms with Gasteiger partial charge in [0, 0.05) is 62.3 Å². The largest absolute Gasteiger partial charge is 1.00 e. The second-order valence-electron chi connectivity index (χ2n) is 8.24. The number of aromatic nitrogens is 4. The third-order valence-corrected chi connectivity index (χ3v) is 6.19. The quantitative estimate of drug-likeness (QED) is 0.355. The average molecular weight is 505 g/mol. The third kappa shape index (κ3) is 8.59. The summed E-state index contributed by atoms with van der Waals surface area (Å²) in [5.41, 5.74) is 1.82. The van der Waals surface area contributed by atoms with Crippen molar-refractivity contribution in [3.63, 3.8) is 0 Å². The summed E-state index contributed by atoms with van der Waals surface area (Å²) < 4.78 is 2.07. The number of hydrogen-bond donors (Lipinski definition) is 1. The maximum absolute atomic E-state index is 13.1. The number of anilines is 1. The summed E-state index contributed by atoms with van der Waals surface area (Å²) in [6.45, 7) is 11.6. The van der Waals surface area contributed by atoms with Crippen molar-refractivity contribution in [1.82, 2.24) is 30.0 Å². The first-order valence-electron chi connectivity index (χ1n) is 12.0. The van der Waals surface area contributed by atoms with Crippen LogP contribution in [0.5, 0.6) is 0 Å². The van der Waals surface area contributed by atoms with Crippen molar-refractivity contribution in [3.05, 3.63) is 50.4 Å². The Kier molecular flexibility index (Phi) is 14.8. The minimum Gasteiger partial charge on any atom is -0.358 e. The van der Waals surface area contributed by atoms with Crippen molar-refractivity contribution < 1.29 is 56.2 Å². The Morgan fingerprint density at radius 2 is 1.80 bits per heavy atom. The zero-order valence-corrected chi connectivity index (χ0v) is 25.2. The molecule has 1 N–H and O–H groups in total. The van der Waals surface area contributed by atoms with E-state index in [1.54, 1.807) is 12.4 Å². The normalized spacial score (nSPS) is 16.1. The Morgan fingerprint density at radius 3 is 2.43 bits per heavy atom. The number of carbonyl (C=O) groups is 1. The molecule has 4 rings (SSSR count). The second kappa shape index (κ2) is 16.4. The Bertz CT molecular complexity index is 952. The Labute approximate surface area is 254 Å². The van der Waals surface area contributed by atoms with E-state index in [4.69, 9.17) is 0 Å². The number of amides is 1. The van der Waals surface area contributed by atoms with Crippen LogP contribution in [0.25, 0.3) is 0 Å². The molecule has 0 saturated carbocycles. The van der Waals surface area contributed by atoms with E-state index in [0.29, 0.717) is 17.6 Å². The molecule has 2 saturated heterocycles. The molecule has 9 heteroatoms. The summed E-state index contributed by atoms with van der Waals surface area (Å²) in [6, 6.07) is 0.378. The second-order valence-corrected chi connectivity index (χ2v) is 8.24. The van der Waals surface area contributed by atoms with Crippen LogP contribution in [0.1, 0.15) is 56.8 Å². The molecule has 0 spiro atoms. The monoisotopic (exact) mass is 504 g/mol. The van der Waals surface area contributed by atoms with Gasteiger partial charge in [0.15, 0.2) is 0 Å². The van der Waals surface area contributed by atoms with Crippen molar-refractivity contribution in [2.75, 3.05) is 38.1 Å². The van der Waals surface area contributed by atoms with E-state index < -0.39 is 0 Å². The number of rotatable bonds is 5. The number of piperidine rings is 2. The van der Waals surface area contributed by atoms with Crippen molar-refractivity contribution in [1.29, 1.82) is 0 Å². The predicted octanol–water partition coefficient (Wildman–Crippen LogP) is 0.139. The van der Waals surface area contributed by atoms with Gasteiger partial charge in [0.05, 0.1) is 18.4 Å². The van der Waals surface area contributed by atoms with Crippen LogP contribution in [-0.4, -0.2) is 63.8 Å². The summed E-state index contributed by atoms with van der Waals surface area (Å²) in [6.07, 6.45) is 11.1. The van der Waals surface area contributed by atoms with Crippen molar-refractivity contribution in [3.8, 4) is 11.8 Å². The molecule has 2 fully saturated rings. The summed E-state index contributed by atoms with van der Waals surface area (Å²) in [4.78, 5) is 26.1. The van der Waals surface area contributed by atoms with Gasteiger partial charge >= 0.3 is 51.4 Å². The summed E-state index contributed by atoms with van der Waals surface area (Å²) in [7, 11) is 1.94. The first-order valence-corrected chi connectivity index (χ1v) is 12.0. The van der Waals surface area contributed by atoms with Crippen molar-refractivity contribution in [2.45, 2.75) is 52.1 Å². The fraction of sp³-hybridized carbons (Fsp3) is 0.538.